The molecular weight excluding hydrogens is 227 g/mol. The van der Waals surface area contributed by atoms with Crippen LogP contribution < -0.4 is 0 Å². The Labute approximate surface area is 108 Å². The van der Waals surface area contributed by atoms with Crippen LogP contribution in [0.3, 0.4) is 0 Å². The maximum atomic E-state index is 12.8. The van der Waals surface area contributed by atoms with E-state index in [0.717, 1.165) is 37.8 Å². The summed E-state index contributed by atoms with van der Waals surface area (Å²) in [5.41, 5.74) is 1.14. The number of nitriles is 1. The van der Waals surface area contributed by atoms with Gasteiger partial charge in [-0.3, -0.25) is 4.90 Å². The van der Waals surface area contributed by atoms with E-state index in [1.807, 2.05) is 12.1 Å². The van der Waals surface area contributed by atoms with Crippen molar-refractivity contribution >= 4 is 0 Å². The van der Waals surface area contributed by atoms with Crippen LogP contribution in [-0.4, -0.2) is 18.0 Å². The summed E-state index contributed by atoms with van der Waals surface area (Å²) in [5, 5.41) is 8.88. The highest BCUT2D eigenvalue weighted by Crippen LogP contribution is 2.27. The highest BCUT2D eigenvalue weighted by molar-refractivity contribution is 5.16. The summed E-state index contributed by atoms with van der Waals surface area (Å²) in [4.78, 5) is 2.32. The maximum absolute atomic E-state index is 12.8. The minimum atomic E-state index is -0.184. The van der Waals surface area contributed by atoms with Gasteiger partial charge in [0.1, 0.15) is 5.82 Å². The SMILES string of the molecule is CN(Cc1ccc(F)cc1)C1CCC(C#N)CC1. The van der Waals surface area contributed by atoms with Gasteiger partial charge < -0.3 is 0 Å². The first-order valence-corrected chi connectivity index (χ1v) is 6.53. The minimum Gasteiger partial charge on any atom is -0.299 e. The number of hydrogen-bond acceptors (Lipinski definition) is 2. The van der Waals surface area contributed by atoms with Gasteiger partial charge in [-0.2, -0.15) is 5.26 Å². The average molecular weight is 246 g/mol. The lowest BCUT2D eigenvalue weighted by atomic mass is 9.86. The molecule has 1 aliphatic rings. The van der Waals surface area contributed by atoms with Crippen LogP contribution in [0.4, 0.5) is 4.39 Å². The van der Waals surface area contributed by atoms with Gasteiger partial charge >= 0.3 is 0 Å². The smallest absolute Gasteiger partial charge is 0.123 e. The Morgan fingerprint density at radius 1 is 1.22 bits per heavy atom. The summed E-state index contributed by atoms with van der Waals surface area (Å²) < 4.78 is 12.8. The van der Waals surface area contributed by atoms with Crippen LogP contribution in [0.1, 0.15) is 31.2 Å². The van der Waals surface area contributed by atoms with Crippen LogP contribution in [0.15, 0.2) is 24.3 Å². The van der Waals surface area contributed by atoms with E-state index in [-0.39, 0.29) is 11.7 Å². The van der Waals surface area contributed by atoms with Gasteiger partial charge in [0.25, 0.3) is 0 Å². The van der Waals surface area contributed by atoms with E-state index in [0.29, 0.717) is 6.04 Å². The van der Waals surface area contributed by atoms with Crippen molar-refractivity contribution in [2.24, 2.45) is 5.92 Å². The number of rotatable bonds is 3. The van der Waals surface area contributed by atoms with Crippen LogP contribution in [0.5, 0.6) is 0 Å². The predicted molar refractivity (Wildman–Crippen MR) is 69.2 cm³/mol. The minimum absolute atomic E-state index is 0.184. The summed E-state index contributed by atoms with van der Waals surface area (Å²) in [5.74, 6) is 0.0661. The molecule has 2 rings (SSSR count). The van der Waals surface area contributed by atoms with Gasteiger partial charge in [0.2, 0.25) is 0 Å². The molecule has 0 amide bonds. The van der Waals surface area contributed by atoms with E-state index in [4.69, 9.17) is 5.26 Å². The van der Waals surface area contributed by atoms with Crippen molar-refractivity contribution in [2.45, 2.75) is 38.3 Å². The normalized spacial score (nSPS) is 23.9. The van der Waals surface area contributed by atoms with E-state index in [1.54, 1.807) is 0 Å². The molecule has 0 unspecified atom stereocenters. The Kier molecular flexibility index (Phi) is 4.33. The lowest BCUT2D eigenvalue weighted by molar-refractivity contribution is 0.171. The molecule has 0 N–H and O–H groups in total. The third-order valence-electron chi connectivity index (χ3n) is 3.85. The molecule has 0 spiro atoms. The average Bonchev–Trinajstić information content (AvgIpc) is 2.41. The van der Waals surface area contributed by atoms with E-state index in [9.17, 15) is 4.39 Å². The van der Waals surface area contributed by atoms with Crippen LogP contribution >= 0.6 is 0 Å². The Hall–Kier alpha value is -1.40. The molecular formula is C15H19FN2. The fraction of sp³-hybridized carbons (Fsp3) is 0.533. The van der Waals surface area contributed by atoms with Crippen LogP contribution in [0, 0.1) is 23.1 Å². The Morgan fingerprint density at radius 2 is 1.83 bits per heavy atom. The summed E-state index contributed by atoms with van der Waals surface area (Å²) >= 11 is 0. The number of hydrogen-bond donors (Lipinski definition) is 0. The molecule has 3 heteroatoms. The molecule has 0 heterocycles. The zero-order valence-electron chi connectivity index (χ0n) is 10.8. The monoisotopic (exact) mass is 246 g/mol. The largest absolute Gasteiger partial charge is 0.299 e. The highest BCUT2D eigenvalue weighted by Gasteiger charge is 2.23. The lowest BCUT2D eigenvalue weighted by Crippen LogP contribution is -2.34. The fourth-order valence-corrected chi connectivity index (χ4v) is 2.65. The zero-order valence-corrected chi connectivity index (χ0v) is 10.8. The van der Waals surface area contributed by atoms with Gasteiger partial charge in [0, 0.05) is 18.5 Å². The molecule has 0 aliphatic heterocycles. The molecule has 0 aromatic heterocycles. The van der Waals surface area contributed by atoms with Gasteiger partial charge in [-0.1, -0.05) is 12.1 Å². The Balaban J connectivity index is 1.87. The van der Waals surface area contributed by atoms with E-state index >= 15 is 0 Å². The molecule has 0 saturated heterocycles. The third-order valence-corrected chi connectivity index (χ3v) is 3.85. The summed E-state index contributed by atoms with van der Waals surface area (Å²) in [6.07, 6.45) is 4.20. The van der Waals surface area contributed by atoms with Crippen LogP contribution in [-0.2, 0) is 6.54 Å². The van der Waals surface area contributed by atoms with Crippen molar-refractivity contribution in [2.75, 3.05) is 7.05 Å². The standard InChI is InChI=1S/C15H19FN2/c1-18(11-13-2-6-14(16)7-3-13)15-8-4-12(10-17)5-9-15/h2-3,6-7,12,15H,4-5,8-9,11H2,1H3. The lowest BCUT2D eigenvalue weighted by Gasteiger charge is -2.32. The first kappa shape index (κ1) is 13.0. The second-order valence-electron chi connectivity index (χ2n) is 5.18. The van der Waals surface area contributed by atoms with Crippen molar-refractivity contribution in [3.63, 3.8) is 0 Å². The van der Waals surface area contributed by atoms with E-state index in [2.05, 4.69) is 18.0 Å². The molecule has 2 nitrogen and oxygen atoms in total. The molecule has 0 radical (unpaired) electrons. The molecule has 1 aliphatic carbocycles. The van der Waals surface area contributed by atoms with Crippen LogP contribution in [0.25, 0.3) is 0 Å². The van der Waals surface area contributed by atoms with Gasteiger partial charge in [0.15, 0.2) is 0 Å². The summed E-state index contributed by atoms with van der Waals surface area (Å²) in [7, 11) is 2.11. The number of benzene rings is 1. The molecule has 1 aromatic rings. The molecule has 1 fully saturated rings. The van der Waals surface area contributed by atoms with Crippen molar-refractivity contribution in [1.82, 2.24) is 4.90 Å². The predicted octanol–water partition coefficient (Wildman–Crippen LogP) is 3.34. The molecule has 1 aromatic carbocycles. The van der Waals surface area contributed by atoms with E-state index < -0.39 is 0 Å². The Morgan fingerprint density at radius 3 is 2.39 bits per heavy atom. The third kappa shape index (κ3) is 3.30. The highest BCUT2D eigenvalue weighted by atomic mass is 19.1. The summed E-state index contributed by atoms with van der Waals surface area (Å²) in [6.45, 7) is 0.849. The quantitative estimate of drug-likeness (QED) is 0.818. The van der Waals surface area contributed by atoms with Crippen molar-refractivity contribution in [1.29, 1.82) is 5.26 Å². The van der Waals surface area contributed by atoms with Gasteiger partial charge in [0.05, 0.1) is 6.07 Å². The topological polar surface area (TPSA) is 27.0 Å². The van der Waals surface area contributed by atoms with Crippen molar-refractivity contribution in [3.8, 4) is 6.07 Å². The molecule has 1 saturated carbocycles. The fourth-order valence-electron chi connectivity index (χ4n) is 2.65. The maximum Gasteiger partial charge on any atom is 0.123 e. The first-order chi connectivity index (χ1) is 8.69. The molecule has 0 atom stereocenters. The number of halogens is 1. The second kappa shape index (κ2) is 5.97. The molecule has 18 heavy (non-hydrogen) atoms. The second-order valence-corrected chi connectivity index (χ2v) is 5.18. The van der Waals surface area contributed by atoms with Crippen molar-refractivity contribution < 1.29 is 4.39 Å². The van der Waals surface area contributed by atoms with E-state index in [1.165, 1.54) is 12.1 Å². The molecule has 0 bridgehead atoms. The number of nitrogens with zero attached hydrogens (tertiary/aromatic N) is 2. The van der Waals surface area contributed by atoms with Crippen LogP contribution in [0.2, 0.25) is 0 Å². The summed E-state index contributed by atoms with van der Waals surface area (Å²) in [6, 6.07) is 9.61. The Bertz CT molecular complexity index is 413. The first-order valence-electron chi connectivity index (χ1n) is 6.53. The van der Waals surface area contributed by atoms with Gasteiger partial charge in [-0.15, -0.1) is 0 Å². The zero-order chi connectivity index (χ0) is 13.0. The van der Waals surface area contributed by atoms with Gasteiger partial charge in [-0.25, -0.2) is 4.39 Å². The van der Waals surface area contributed by atoms with Gasteiger partial charge in [-0.05, 0) is 50.4 Å². The molecule has 96 valence electrons. The van der Waals surface area contributed by atoms with Crippen molar-refractivity contribution in [3.05, 3.63) is 35.6 Å².